The number of hydrogen-bond acceptors (Lipinski definition) is 5. The van der Waals surface area contributed by atoms with Crippen LogP contribution in [-0.2, 0) is 0 Å². The van der Waals surface area contributed by atoms with Crippen molar-refractivity contribution in [1.29, 1.82) is 0 Å². The number of benzene rings is 4. The minimum absolute atomic E-state index is 0. The number of halogens is 1. The van der Waals surface area contributed by atoms with Crippen molar-refractivity contribution in [3.05, 3.63) is 143 Å². The number of nitrogens with zero attached hydrogens (tertiary/aromatic N) is 2. The van der Waals surface area contributed by atoms with Crippen molar-refractivity contribution in [3.63, 3.8) is 0 Å². The normalized spacial score (nSPS) is 16.0. The van der Waals surface area contributed by atoms with Gasteiger partial charge in [-0.3, -0.25) is 9.59 Å². The van der Waals surface area contributed by atoms with E-state index in [1.807, 2.05) is 115 Å². The molecule has 1 N–H and O–H groups in total. The topological polar surface area (TPSA) is 63.4 Å². The molecule has 0 radical (unpaired) electrons. The molecule has 0 saturated carbocycles. The van der Waals surface area contributed by atoms with Crippen LogP contribution in [0.1, 0.15) is 40.9 Å². The molecule has 1 unspecified atom stereocenters. The molecule has 0 aromatic heterocycles. The summed E-state index contributed by atoms with van der Waals surface area (Å²) in [4.78, 5) is 28.0. The van der Waals surface area contributed by atoms with Gasteiger partial charge < -0.3 is 43.3 Å². The number of anilines is 2. The Labute approximate surface area is 262 Å². The highest BCUT2D eigenvalue weighted by atomic mass is 127. The smallest absolute Gasteiger partial charge is 0.354 e. The fourth-order valence-electron chi connectivity index (χ4n) is 5.26. The van der Waals surface area contributed by atoms with E-state index in [1.54, 1.807) is 0 Å². The molecular formula is C35H31IN2O4. The van der Waals surface area contributed by atoms with Crippen molar-refractivity contribution >= 4 is 22.9 Å². The third-order valence-electron chi connectivity index (χ3n) is 7.34. The van der Waals surface area contributed by atoms with Gasteiger partial charge in [-0.15, -0.1) is 0 Å². The molecule has 1 atom stereocenters. The van der Waals surface area contributed by atoms with Gasteiger partial charge in [0.25, 0.3) is 0 Å². The van der Waals surface area contributed by atoms with E-state index in [0.717, 1.165) is 40.5 Å². The summed E-state index contributed by atoms with van der Waals surface area (Å²) in [6, 6.07) is 30.1. The number of rotatable bonds is 8. The van der Waals surface area contributed by atoms with Gasteiger partial charge in [-0.1, -0.05) is 54.6 Å². The van der Waals surface area contributed by atoms with Gasteiger partial charge >= 0.3 is 5.78 Å². The van der Waals surface area contributed by atoms with E-state index in [2.05, 4.69) is 23.6 Å². The Morgan fingerprint density at radius 1 is 0.786 bits per heavy atom. The predicted molar refractivity (Wildman–Crippen MR) is 163 cm³/mol. The van der Waals surface area contributed by atoms with Crippen LogP contribution in [0.15, 0.2) is 121 Å². The first-order valence-electron chi connectivity index (χ1n) is 13.8. The maximum atomic E-state index is 13.0. The van der Waals surface area contributed by atoms with Crippen LogP contribution >= 0.6 is 0 Å². The summed E-state index contributed by atoms with van der Waals surface area (Å²) in [5.74, 6) is 2.40. The van der Waals surface area contributed by atoms with Crippen LogP contribution in [0.2, 0.25) is 0 Å². The van der Waals surface area contributed by atoms with E-state index >= 15 is 0 Å². The molecule has 4 aromatic carbocycles. The van der Waals surface area contributed by atoms with E-state index < -0.39 is 0 Å². The number of hydrogen-bond donors (Lipinski definition) is 0. The first kappa shape index (κ1) is 29.1. The molecular weight excluding hydrogens is 639 g/mol. The van der Waals surface area contributed by atoms with Crippen LogP contribution in [0, 0.1) is 0 Å². The average Bonchev–Trinajstić information content (AvgIpc) is 3.57. The summed E-state index contributed by atoms with van der Waals surface area (Å²) in [5.41, 5.74) is 4.60. The number of carbonyl (C=O) groups is 1. The van der Waals surface area contributed by atoms with E-state index in [0.29, 0.717) is 23.6 Å². The molecule has 0 amide bonds. The maximum Gasteiger partial charge on any atom is 0.354 e. The Balaban J connectivity index is 0.00000353. The minimum Gasteiger partial charge on any atom is -1.00 e. The quantitative estimate of drug-likeness (QED) is 0.163. The lowest BCUT2D eigenvalue weighted by Gasteiger charge is -2.21. The molecule has 6 nitrogen and oxygen atoms in total. The second-order valence-corrected chi connectivity index (χ2v) is 9.81. The van der Waals surface area contributed by atoms with Gasteiger partial charge in [0.05, 0.1) is 22.5 Å². The number of ketones is 2. The molecule has 2 heterocycles. The van der Waals surface area contributed by atoms with E-state index in [1.165, 1.54) is 0 Å². The number of carbonyl (C=O) groups excluding carboxylic acids is 2. The summed E-state index contributed by atoms with van der Waals surface area (Å²) in [6.07, 6.45) is 5.55. The number of fused-ring (bicyclic) bond motifs is 2. The fraction of sp³-hybridized carbons (Fsp3) is 0.143. The molecule has 42 heavy (non-hydrogen) atoms. The summed E-state index contributed by atoms with van der Waals surface area (Å²) in [7, 11) is 0. The minimum atomic E-state index is -0.296. The Kier molecular flexibility index (Phi) is 8.77. The molecule has 6 rings (SSSR count). The molecule has 7 heteroatoms. The molecule has 0 aliphatic carbocycles. The van der Waals surface area contributed by atoms with Gasteiger partial charge in [0.2, 0.25) is 5.88 Å². The molecule has 212 valence electrons. The molecule has 0 fully saturated rings. The lowest BCUT2D eigenvalue weighted by Crippen LogP contribution is -3.00. The fourth-order valence-corrected chi connectivity index (χ4v) is 5.26. The van der Waals surface area contributed by atoms with Crippen LogP contribution < -0.4 is 43.3 Å². The Morgan fingerprint density at radius 2 is 1.43 bits per heavy atom. The Morgan fingerprint density at radius 3 is 2.12 bits per heavy atom. The summed E-state index contributed by atoms with van der Waals surface area (Å²) < 4.78 is 12.4. The van der Waals surface area contributed by atoms with Gasteiger partial charge in [0, 0.05) is 24.2 Å². The monoisotopic (exact) mass is 670 g/mol. The van der Waals surface area contributed by atoms with Crippen molar-refractivity contribution in [2.24, 2.45) is 0 Å². The van der Waals surface area contributed by atoms with Crippen molar-refractivity contribution in [2.45, 2.75) is 20.1 Å². The van der Waals surface area contributed by atoms with Crippen LogP contribution in [0.25, 0.3) is 0 Å². The first-order chi connectivity index (χ1) is 20.1. The lowest BCUT2D eigenvalue weighted by atomic mass is 10.0. The SMILES string of the molecule is CCN1C(=CC=CC2Oc3ccc(C(=[OH+])c4ccccc4)cc3N2CC)Oc2ccc(C(=O)c3ccccc3)cc21.[I-]. The largest absolute Gasteiger partial charge is 1.00 e. The number of likely N-dealkylation sites (N-methyl/N-ethyl adjacent to an activating group) is 1. The number of allylic oxidation sites excluding steroid dienone is 2. The average molecular weight is 671 g/mol. The van der Waals surface area contributed by atoms with Gasteiger partial charge in [-0.25, -0.2) is 0 Å². The molecule has 0 bridgehead atoms. The van der Waals surface area contributed by atoms with Gasteiger partial charge in [0.1, 0.15) is 5.75 Å². The van der Waals surface area contributed by atoms with Crippen LogP contribution in [0.4, 0.5) is 11.4 Å². The Bertz CT molecular complexity index is 1670. The number of ether oxygens (including phenoxy) is 2. The van der Waals surface area contributed by atoms with E-state index in [-0.39, 0.29) is 41.8 Å². The van der Waals surface area contributed by atoms with Crippen molar-refractivity contribution < 1.29 is 43.0 Å². The van der Waals surface area contributed by atoms with E-state index in [4.69, 9.17) is 9.47 Å². The van der Waals surface area contributed by atoms with Crippen molar-refractivity contribution in [2.75, 3.05) is 22.9 Å². The molecule has 0 spiro atoms. The highest BCUT2D eigenvalue weighted by molar-refractivity contribution is 6.10. The summed E-state index contributed by atoms with van der Waals surface area (Å²) in [5, 5.41) is 0. The van der Waals surface area contributed by atoms with Gasteiger partial charge in [-0.2, -0.15) is 0 Å². The zero-order valence-electron chi connectivity index (χ0n) is 23.4. The van der Waals surface area contributed by atoms with Crippen molar-refractivity contribution in [1.82, 2.24) is 0 Å². The zero-order chi connectivity index (χ0) is 28.3. The standard InChI is InChI=1S/C35H30N2O4.HI/c1-3-36-28-22-26(34(38)24-12-7-5-8-13-24)18-20-30(28)40-32(36)16-11-17-33-37(4-2)29-23-27(19-21-31(29)41-33)35(39)25-14-9-6-10-15-25;/h5-23,32H,3-4H2,1-2H3;1H. The third-order valence-corrected chi connectivity index (χ3v) is 7.34. The molecule has 2 aliphatic heterocycles. The second kappa shape index (κ2) is 12.7. The summed E-state index contributed by atoms with van der Waals surface area (Å²) >= 11 is 0. The van der Waals surface area contributed by atoms with Crippen molar-refractivity contribution in [3.8, 4) is 11.5 Å². The molecule has 4 aromatic rings. The van der Waals surface area contributed by atoms with Gasteiger partial charge in [0.15, 0.2) is 17.8 Å². The lowest BCUT2D eigenvalue weighted by molar-refractivity contribution is -0.0000171. The summed E-state index contributed by atoms with van der Waals surface area (Å²) in [6.45, 7) is 5.55. The second-order valence-electron chi connectivity index (χ2n) is 9.81. The zero-order valence-corrected chi connectivity index (χ0v) is 25.6. The highest BCUT2D eigenvalue weighted by Gasteiger charge is 2.30. The van der Waals surface area contributed by atoms with Crippen LogP contribution in [0.5, 0.6) is 11.5 Å². The third kappa shape index (κ3) is 5.56. The highest BCUT2D eigenvalue weighted by Crippen LogP contribution is 2.41. The van der Waals surface area contributed by atoms with Crippen LogP contribution in [0.3, 0.4) is 0 Å². The van der Waals surface area contributed by atoms with Crippen LogP contribution in [-0.4, -0.2) is 35.7 Å². The first-order valence-corrected chi connectivity index (χ1v) is 13.8. The predicted octanol–water partition coefficient (Wildman–Crippen LogP) is 3.72. The maximum absolute atomic E-state index is 13.0. The van der Waals surface area contributed by atoms with Gasteiger partial charge in [-0.05, 0) is 74.5 Å². The Hall–Kier alpha value is -4.37. The molecule has 0 saturated heterocycles. The molecule has 2 aliphatic rings. The van der Waals surface area contributed by atoms with E-state index in [9.17, 15) is 9.59 Å².